The molecule has 1 atom stereocenters. The molecule has 2 aromatic rings. The van der Waals surface area contributed by atoms with E-state index in [1.165, 1.54) is 0 Å². The summed E-state index contributed by atoms with van der Waals surface area (Å²) in [4.78, 5) is 11.0. The molecule has 3 rings (SSSR count). The summed E-state index contributed by atoms with van der Waals surface area (Å²) in [5.74, 6) is 1.02. The van der Waals surface area contributed by atoms with E-state index in [1.807, 2.05) is 18.2 Å². The Balaban J connectivity index is 2.04. The molecule has 4 nitrogen and oxygen atoms in total. The fourth-order valence-corrected chi connectivity index (χ4v) is 2.44. The summed E-state index contributed by atoms with van der Waals surface area (Å²) in [5, 5.41) is 1.11. The average Bonchev–Trinajstić information content (AvgIpc) is 2.38. The van der Waals surface area contributed by atoms with Gasteiger partial charge in [-0.15, -0.1) is 0 Å². The summed E-state index contributed by atoms with van der Waals surface area (Å²) < 4.78 is 0. The number of hydrogen-bond donors (Lipinski definition) is 1. The van der Waals surface area contributed by atoms with Gasteiger partial charge in [0.1, 0.15) is 12.1 Å². The van der Waals surface area contributed by atoms with Gasteiger partial charge >= 0.3 is 0 Å². The second-order valence-electron chi connectivity index (χ2n) is 4.56. The van der Waals surface area contributed by atoms with E-state index in [9.17, 15) is 0 Å². The lowest BCUT2D eigenvalue weighted by Gasteiger charge is -2.32. The van der Waals surface area contributed by atoms with Crippen LogP contribution in [-0.2, 0) is 0 Å². The first-order valence-electron chi connectivity index (χ1n) is 6.05. The minimum Gasteiger partial charge on any atom is -0.354 e. The van der Waals surface area contributed by atoms with Crippen molar-refractivity contribution in [3.63, 3.8) is 0 Å². The zero-order valence-electron chi connectivity index (χ0n) is 9.71. The van der Waals surface area contributed by atoms with Crippen molar-refractivity contribution in [1.82, 2.24) is 9.97 Å². The SMILES string of the molecule is N[C@H]1CCCN(c2ncnc3ccccc23)C1. The third-order valence-corrected chi connectivity index (χ3v) is 3.28. The zero-order valence-corrected chi connectivity index (χ0v) is 9.71. The molecule has 0 aliphatic carbocycles. The van der Waals surface area contributed by atoms with Crippen molar-refractivity contribution in [2.75, 3.05) is 18.0 Å². The third-order valence-electron chi connectivity index (χ3n) is 3.28. The van der Waals surface area contributed by atoms with Crippen LogP contribution in [-0.4, -0.2) is 29.1 Å². The number of nitrogens with zero attached hydrogens (tertiary/aromatic N) is 3. The summed E-state index contributed by atoms with van der Waals surface area (Å²) in [6.07, 6.45) is 3.89. The van der Waals surface area contributed by atoms with Crippen LogP contribution >= 0.6 is 0 Å². The van der Waals surface area contributed by atoms with Crippen LogP contribution in [0.4, 0.5) is 5.82 Å². The molecule has 0 unspecified atom stereocenters. The van der Waals surface area contributed by atoms with Gasteiger partial charge in [-0.25, -0.2) is 9.97 Å². The Bertz CT molecular complexity index is 520. The van der Waals surface area contributed by atoms with Gasteiger partial charge in [0.15, 0.2) is 0 Å². The highest BCUT2D eigenvalue weighted by Crippen LogP contribution is 2.24. The minimum atomic E-state index is 0.262. The molecule has 1 saturated heterocycles. The molecule has 1 aromatic carbocycles. The van der Waals surface area contributed by atoms with Crippen LogP contribution in [0.1, 0.15) is 12.8 Å². The second-order valence-corrected chi connectivity index (χ2v) is 4.56. The van der Waals surface area contributed by atoms with Gasteiger partial charge in [0.05, 0.1) is 5.52 Å². The Morgan fingerprint density at radius 1 is 1.24 bits per heavy atom. The van der Waals surface area contributed by atoms with Gasteiger partial charge in [-0.1, -0.05) is 12.1 Å². The Labute approximate surface area is 100 Å². The van der Waals surface area contributed by atoms with E-state index in [4.69, 9.17) is 5.73 Å². The van der Waals surface area contributed by atoms with Crippen molar-refractivity contribution in [1.29, 1.82) is 0 Å². The Kier molecular flexibility index (Phi) is 2.65. The van der Waals surface area contributed by atoms with Crippen molar-refractivity contribution < 1.29 is 0 Å². The van der Waals surface area contributed by atoms with E-state index in [2.05, 4.69) is 20.9 Å². The lowest BCUT2D eigenvalue weighted by Crippen LogP contribution is -2.43. The molecule has 0 saturated carbocycles. The van der Waals surface area contributed by atoms with Crippen LogP contribution < -0.4 is 10.6 Å². The average molecular weight is 228 g/mol. The molecule has 2 heterocycles. The number of hydrogen-bond acceptors (Lipinski definition) is 4. The van der Waals surface area contributed by atoms with Gasteiger partial charge in [0.25, 0.3) is 0 Å². The van der Waals surface area contributed by atoms with E-state index in [0.717, 1.165) is 42.7 Å². The second kappa shape index (κ2) is 4.30. The zero-order chi connectivity index (χ0) is 11.7. The van der Waals surface area contributed by atoms with E-state index in [0.29, 0.717) is 0 Å². The van der Waals surface area contributed by atoms with E-state index in [1.54, 1.807) is 6.33 Å². The molecular weight excluding hydrogens is 212 g/mol. The molecule has 0 spiro atoms. The molecule has 1 aromatic heterocycles. The lowest BCUT2D eigenvalue weighted by molar-refractivity contribution is 0.504. The molecule has 1 aliphatic heterocycles. The number of rotatable bonds is 1. The van der Waals surface area contributed by atoms with E-state index in [-0.39, 0.29) is 6.04 Å². The number of nitrogens with two attached hydrogens (primary N) is 1. The molecule has 2 N–H and O–H groups in total. The van der Waals surface area contributed by atoms with Crippen LogP contribution in [0, 0.1) is 0 Å². The van der Waals surface area contributed by atoms with Crippen LogP contribution in [0.2, 0.25) is 0 Å². The highest BCUT2D eigenvalue weighted by molar-refractivity contribution is 5.89. The molecule has 17 heavy (non-hydrogen) atoms. The van der Waals surface area contributed by atoms with Crippen LogP contribution in [0.15, 0.2) is 30.6 Å². The molecule has 0 radical (unpaired) electrons. The first kappa shape index (κ1) is 10.5. The van der Waals surface area contributed by atoms with Crippen molar-refractivity contribution >= 4 is 16.7 Å². The van der Waals surface area contributed by atoms with Crippen molar-refractivity contribution in [2.45, 2.75) is 18.9 Å². The largest absolute Gasteiger partial charge is 0.354 e. The minimum absolute atomic E-state index is 0.262. The van der Waals surface area contributed by atoms with Crippen LogP contribution in [0.5, 0.6) is 0 Å². The Hall–Kier alpha value is -1.68. The number of fused-ring (bicyclic) bond motifs is 1. The van der Waals surface area contributed by atoms with Gasteiger partial charge < -0.3 is 10.6 Å². The first-order valence-corrected chi connectivity index (χ1v) is 6.05. The van der Waals surface area contributed by atoms with Gasteiger partial charge in [-0.3, -0.25) is 0 Å². The predicted molar refractivity (Wildman–Crippen MR) is 69.0 cm³/mol. The summed E-state index contributed by atoms with van der Waals surface area (Å²) in [5.41, 5.74) is 7.02. The molecule has 0 bridgehead atoms. The number of benzene rings is 1. The summed E-state index contributed by atoms with van der Waals surface area (Å²) >= 11 is 0. The third kappa shape index (κ3) is 1.96. The van der Waals surface area contributed by atoms with E-state index >= 15 is 0 Å². The number of anilines is 1. The summed E-state index contributed by atoms with van der Waals surface area (Å²) in [7, 11) is 0. The summed E-state index contributed by atoms with van der Waals surface area (Å²) in [6.45, 7) is 1.93. The monoisotopic (exact) mass is 228 g/mol. The van der Waals surface area contributed by atoms with Gasteiger partial charge in [0.2, 0.25) is 0 Å². The predicted octanol–water partition coefficient (Wildman–Crippen LogP) is 1.56. The first-order chi connectivity index (χ1) is 8.34. The van der Waals surface area contributed by atoms with E-state index < -0.39 is 0 Å². The molecule has 88 valence electrons. The van der Waals surface area contributed by atoms with Crippen LogP contribution in [0.25, 0.3) is 10.9 Å². The van der Waals surface area contributed by atoms with Crippen molar-refractivity contribution in [3.8, 4) is 0 Å². The number of piperidine rings is 1. The fraction of sp³-hybridized carbons (Fsp3) is 0.385. The molecule has 0 amide bonds. The van der Waals surface area contributed by atoms with Crippen molar-refractivity contribution in [3.05, 3.63) is 30.6 Å². The Morgan fingerprint density at radius 3 is 3.00 bits per heavy atom. The normalized spacial score (nSPS) is 20.8. The molecule has 4 heteroatoms. The Morgan fingerprint density at radius 2 is 2.12 bits per heavy atom. The standard InChI is InChI=1S/C13H16N4/c14-10-4-3-7-17(8-10)13-11-5-1-2-6-12(11)15-9-16-13/h1-2,5-6,9-10H,3-4,7-8,14H2/t10-/m0/s1. The van der Waals surface area contributed by atoms with Gasteiger partial charge in [-0.2, -0.15) is 0 Å². The summed E-state index contributed by atoms with van der Waals surface area (Å²) in [6, 6.07) is 8.38. The number of para-hydroxylation sites is 1. The molecule has 1 aliphatic rings. The fourth-order valence-electron chi connectivity index (χ4n) is 2.44. The van der Waals surface area contributed by atoms with Crippen LogP contribution in [0.3, 0.4) is 0 Å². The maximum atomic E-state index is 6.02. The highest BCUT2D eigenvalue weighted by Gasteiger charge is 2.19. The van der Waals surface area contributed by atoms with Gasteiger partial charge in [0, 0.05) is 24.5 Å². The molecular formula is C13H16N4. The quantitative estimate of drug-likeness (QED) is 0.804. The maximum Gasteiger partial charge on any atom is 0.139 e. The smallest absolute Gasteiger partial charge is 0.139 e. The molecule has 1 fully saturated rings. The number of aromatic nitrogens is 2. The van der Waals surface area contributed by atoms with Gasteiger partial charge in [-0.05, 0) is 25.0 Å². The lowest BCUT2D eigenvalue weighted by atomic mass is 10.1. The topological polar surface area (TPSA) is 55.0 Å². The maximum absolute atomic E-state index is 6.02. The van der Waals surface area contributed by atoms with Crippen molar-refractivity contribution in [2.24, 2.45) is 5.73 Å². The highest BCUT2D eigenvalue weighted by atomic mass is 15.2.